The molecule has 132 valence electrons. The van der Waals surface area contributed by atoms with Gasteiger partial charge in [0, 0.05) is 6.54 Å². The fourth-order valence-electron chi connectivity index (χ4n) is 2.26. The van der Waals surface area contributed by atoms with Crippen molar-refractivity contribution in [2.45, 2.75) is 20.4 Å². The summed E-state index contributed by atoms with van der Waals surface area (Å²) in [7, 11) is 0. The molecule has 0 bridgehead atoms. The number of benzene rings is 2. The van der Waals surface area contributed by atoms with Gasteiger partial charge in [0.1, 0.15) is 11.5 Å². The minimum Gasteiger partial charge on any atom is -0.494 e. The second kappa shape index (κ2) is 8.73. The standard InChI is InChI=1S/C19H22N2O4/c1-3-24-15-6-4-5-14(10-15)11-21-18(22)12-25-17-9-13(2)7-8-16(17)19(20)23/h4-10H,3,11-12H2,1-2H3,(H2,20,23)(H,21,22). The lowest BCUT2D eigenvalue weighted by Gasteiger charge is -2.11. The van der Waals surface area contributed by atoms with E-state index >= 15 is 0 Å². The topological polar surface area (TPSA) is 90.7 Å². The second-order valence-electron chi connectivity index (χ2n) is 5.51. The minimum atomic E-state index is -0.594. The summed E-state index contributed by atoms with van der Waals surface area (Å²) in [4.78, 5) is 23.4. The van der Waals surface area contributed by atoms with Gasteiger partial charge in [0.15, 0.2) is 6.61 Å². The van der Waals surface area contributed by atoms with Crippen LogP contribution < -0.4 is 20.5 Å². The van der Waals surface area contributed by atoms with Crippen molar-refractivity contribution in [1.82, 2.24) is 5.32 Å². The van der Waals surface area contributed by atoms with Crippen molar-refractivity contribution in [1.29, 1.82) is 0 Å². The highest BCUT2D eigenvalue weighted by Gasteiger charge is 2.11. The van der Waals surface area contributed by atoms with Crippen LogP contribution in [0.15, 0.2) is 42.5 Å². The van der Waals surface area contributed by atoms with Gasteiger partial charge in [-0.3, -0.25) is 9.59 Å². The molecule has 2 rings (SSSR count). The van der Waals surface area contributed by atoms with Crippen LogP contribution in [-0.2, 0) is 11.3 Å². The van der Waals surface area contributed by atoms with Crippen LogP contribution in [0.2, 0.25) is 0 Å². The van der Waals surface area contributed by atoms with Crippen molar-refractivity contribution in [3.8, 4) is 11.5 Å². The zero-order valence-corrected chi connectivity index (χ0v) is 14.4. The third-order valence-electron chi connectivity index (χ3n) is 3.46. The van der Waals surface area contributed by atoms with Crippen LogP contribution in [0.3, 0.4) is 0 Å². The summed E-state index contributed by atoms with van der Waals surface area (Å²) in [6.07, 6.45) is 0. The summed E-state index contributed by atoms with van der Waals surface area (Å²) in [5, 5.41) is 2.77. The number of hydrogen-bond donors (Lipinski definition) is 2. The van der Waals surface area contributed by atoms with E-state index in [1.165, 1.54) is 0 Å². The van der Waals surface area contributed by atoms with Crippen LogP contribution in [0, 0.1) is 6.92 Å². The molecule has 0 heterocycles. The van der Waals surface area contributed by atoms with Crippen molar-refractivity contribution >= 4 is 11.8 Å². The van der Waals surface area contributed by atoms with Crippen molar-refractivity contribution in [3.63, 3.8) is 0 Å². The fraction of sp³-hybridized carbons (Fsp3) is 0.263. The molecule has 0 atom stereocenters. The van der Waals surface area contributed by atoms with E-state index in [2.05, 4.69) is 5.32 Å². The van der Waals surface area contributed by atoms with Crippen LogP contribution in [0.1, 0.15) is 28.4 Å². The molecule has 0 aliphatic rings. The van der Waals surface area contributed by atoms with Crippen molar-refractivity contribution in [2.24, 2.45) is 5.73 Å². The van der Waals surface area contributed by atoms with Gasteiger partial charge in [-0.15, -0.1) is 0 Å². The van der Waals surface area contributed by atoms with Gasteiger partial charge < -0.3 is 20.5 Å². The van der Waals surface area contributed by atoms with Crippen molar-refractivity contribution in [3.05, 3.63) is 59.2 Å². The van der Waals surface area contributed by atoms with Gasteiger partial charge in [0.25, 0.3) is 11.8 Å². The number of carbonyl (C=O) groups is 2. The highest BCUT2D eigenvalue weighted by molar-refractivity contribution is 5.95. The maximum atomic E-state index is 12.0. The highest BCUT2D eigenvalue weighted by atomic mass is 16.5. The maximum absolute atomic E-state index is 12.0. The largest absolute Gasteiger partial charge is 0.494 e. The number of hydrogen-bond acceptors (Lipinski definition) is 4. The zero-order valence-electron chi connectivity index (χ0n) is 14.4. The van der Waals surface area contributed by atoms with Gasteiger partial charge in [-0.1, -0.05) is 18.2 Å². The number of ether oxygens (including phenoxy) is 2. The van der Waals surface area contributed by atoms with E-state index < -0.39 is 5.91 Å². The summed E-state index contributed by atoms with van der Waals surface area (Å²) in [5.41, 5.74) is 7.40. The van der Waals surface area contributed by atoms with Gasteiger partial charge in [-0.25, -0.2) is 0 Å². The van der Waals surface area contributed by atoms with Crippen molar-refractivity contribution in [2.75, 3.05) is 13.2 Å². The van der Waals surface area contributed by atoms with Gasteiger partial charge in [-0.2, -0.15) is 0 Å². The van der Waals surface area contributed by atoms with E-state index in [4.69, 9.17) is 15.2 Å². The average Bonchev–Trinajstić information content (AvgIpc) is 2.58. The first-order chi connectivity index (χ1) is 12.0. The third-order valence-corrected chi connectivity index (χ3v) is 3.46. The molecule has 0 fully saturated rings. The Balaban J connectivity index is 1.90. The molecule has 0 aliphatic heterocycles. The second-order valence-corrected chi connectivity index (χ2v) is 5.51. The average molecular weight is 342 g/mol. The zero-order chi connectivity index (χ0) is 18.2. The van der Waals surface area contributed by atoms with Gasteiger partial charge in [-0.05, 0) is 49.2 Å². The normalized spacial score (nSPS) is 10.2. The number of nitrogens with one attached hydrogen (secondary N) is 1. The highest BCUT2D eigenvalue weighted by Crippen LogP contribution is 2.19. The fourth-order valence-corrected chi connectivity index (χ4v) is 2.26. The molecule has 0 radical (unpaired) electrons. The molecular formula is C19H22N2O4. The molecule has 3 N–H and O–H groups in total. The van der Waals surface area contributed by atoms with E-state index in [-0.39, 0.29) is 18.1 Å². The van der Waals surface area contributed by atoms with E-state index in [0.717, 1.165) is 16.9 Å². The van der Waals surface area contributed by atoms with E-state index in [1.807, 2.05) is 38.1 Å². The first-order valence-electron chi connectivity index (χ1n) is 8.01. The third kappa shape index (κ3) is 5.53. The Labute approximate surface area is 146 Å². The first kappa shape index (κ1) is 18.3. The monoisotopic (exact) mass is 342 g/mol. The lowest BCUT2D eigenvalue weighted by molar-refractivity contribution is -0.123. The smallest absolute Gasteiger partial charge is 0.258 e. The van der Waals surface area contributed by atoms with E-state index in [0.29, 0.717) is 18.9 Å². The number of carbonyl (C=O) groups excluding carboxylic acids is 2. The Hall–Kier alpha value is -3.02. The number of nitrogens with two attached hydrogens (primary N) is 1. The quantitative estimate of drug-likeness (QED) is 0.769. The molecular weight excluding hydrogens is 320 g/mol. The molecule has 6 nitrogen and oxygen atoms in total. The molecule has 0 spiro atoms. The Morgan fingerprint density at radius 2 is 1.92 bits per heavy atom. The SMILES string of the molecule is CCOc1cccc(CNC(=O)COc2cc(C)ccc2C(N)=O)c1. The maximum Gasteiger partial charge on any atom is 0.258 e. The number of rotatable bonds is 8. The van der Waals surface area contributed by atoms with Crippen LogP contribution in [0.25, 0.3) is 0 Å². The molecule has 0 saturated heterocycles. The van der Waals surface area contributed by atoms with Crippen LogP contribution in [0.5, 0.6) is 11.5 Å². The van der Waals surface area contributed by atoms with Crippen LogP contribution in [-0.4, -0.2) is 25.0 Å². The van der Waals surface area contributed by atoms with Crippen LogP contribution >= 0.6 is 0 Å². The Bertz CT molecular complexity index is 759. The Kier molecular flexibility index (Phi) is 6.39. The summed E-state index contributed by atoms with van der Waals surface area (Å²) < 4.78 is 10.9. The predicted molar refractivity (Wildman–Crippen MR) is 94.6 cm³/mol. The van der Waals surface area contributed by atoms with Crippen LogP contribution in [0.4, 0.5) is 0 Å². The molecule has 6 heteroatoms. The van der Waals surface area contributed by atoms with Gasteiger partial charge in [0.2, 0.25) is 0 Å². The lowest BCUT2D eigenvalue weighted by atomic mass is 10.1. The predicted octanol–water partition coefficient (Wildman–Crippen LogP) is 2.19. The minimum absolute atomic E-state index is 0.200. The number of primary amides is 1. The first-order valence-corrected chi connectivity index (χ1v) is 8.01. The lowest BCUT2D eigenvalue weighted by Crippen LogP contribution is -2.28. The Morgan fingerprint density at radius 3 is 2.64 bits per heavy atom. The van der Waals surface area contributed by atoms with Gasteiger partial charge >= 0.3 is 0 Å². The molecule has 0 saturated carbocycles. The van der Waals surface area contributed by atoms with Crippen molar-refractivity contribution < 1.29 is 19.1 Å². The van der Waals surface area contributed by atoms with Gasteiger partial charge in [0.05, 0.1) is 12.2 Å². The van der Waals surface area contributed by atoms with E-state index in [9.17, 15) is 9.59 Å². The molecule has 25 heavy (non-hydrogen) atoms. The van der Waals surface area contributed by atoms with E-state index in [1.54, 1.807) is 18.2 Å². The molecule has 2 aromatic carbocycles. The summed E-state index contributed by atoms with van der Waals surface area (Å²) in [6.45, 7) is 4.53. The molecule has 2 amide bonds. The molecule has 2 aromatic rings. The number of aryl methyl sites for hydroxylation is 1. The summed E-state index contributed by atoms with van der Waals surface area (Å²) in [6, 6.07) is 12.5. The Morgan fingerprint density at radius 1 is 1.12 bits per heavy atom. The number of amides is 2. The molecule has 0 unspecified atom stereocenters. The molecule has 0 aliphatic carbocycles. The summed E-state index contributed by atoms with van der Waals surface area (Å²) >= 11 is 0. The summed E-state index contributed by atoms with van der Waals surface area (Å²) in [5.74, 6) is 0.180. The molecule has 0 aromatic heterocycles.